The van der Waals surface area contributed by atoms with Gasteiger partial charge in [-0.2, -0.15) is 0 Å². The molecule has 1 atom stereocenters. The third kappa shape index (κ3) is 4.01. The number of carbonyl (C=O) groups is 1. The van der Waals surface area contributed by atoms with Gasteiger partial charge in [-0.3, -0.25) is 14.5 Å². The van der Waals surface area contributed by atoms with Crippen LogP contribution < -0.4 is 19.8 Å². The second-order valence-corrected chi connectivity index (χ2v) is 9.38. The second kappa shape index (κ2) is 9.69. The van der Waals surface area contributed by atoms with E-state index >= 15 is 0 Å². The van der Waals surface area contributed by atoms with Gasteiger partial charge in [0.2, 0.25) is 10.9 Å². The van der Waals surface area contributed by atoms with E-state index in [2.05, 4.69) is 17.1 Å². The van der Waals surface area contributed by atoms with E-state index in [9.17, 15) is 14.0 Å². The van der Waals surface area contributed by atoms with E-state index in [4.69, 9.17) is 13.9 Å². The fourth-order valence-electron chi connectivity index (χ4n) is 4.24. The molecule has 1 aliphatic heterocycles. The first kappa shape index (κ1) is 23.9. The summed E-state index contributed by atoms with van der Waals surface area (Å²) < 4.78 is 31.3. The Bertz CT molecular complexity index is 1520. The number of unbranched alkanes of at least 4 members (excludes halogenated alkanes) is 1. The van der Waals surface area contributed by atoms with Crippen molar-refractivity contribution in [2.24, 2.45) is 0 Å². The van der Waals surface area contributed by atoms with Gasteiger partial charge in [0.25, 0.3) is 5.91 Å². The van der Waals surface area contributed by atoms with Crippen molar-refractivity contribution >= 4 is 33.3 Å². The topological polar surface area (TPSA) is 94.8 Å². The summed E-state index contributed by atoms with van der Waals surface area (Å²) in [6.07, 6.45) is 2.53. The molecule has 0 saturated heterocycles. The average Bonchev–Trinajstić information content (AvgIpc) is 3.47. The van der Waals surface area contributed by atoms with Crippen LogP contribution in [0.15, 0.2) is 45.6 Å². The van der Waals surface area contributed by atoms with E-state index in [0.29, 0.717) is 35.2 Å². The number of aryl methyl sites for hydroxylation is 1. The summed E-state index contributed by atoms with van der Waals surface area (Å²) in [7, 11) is 1.53. The monoisotopic (exact) mass is 509 g/mol. The maximum absolute atomic E-state index is 14.0. The molecule has 0 fully saturated rings. The average molecular weight is 510 g/mol. The molecule has 1 amide bonds. The van der Waals surface area contributed by atoms with Crippen molar-refractivity contribution in [3.05, 3.63) is 74.3 Å². The van der Waals surface area contributed by atoms with E-state index in [1.165, 1.54) is 35.5 Å². The number of ether oxygens (including phenoxy) is 2. The van der Waals surface area contributed by atoms with Crippen LogP contribution in [0.25, 0.3) is 11.0 Å². The Balaban J connectivity index is 1.70. The van der Waals surface area contributed by atoms with Crippen LogP contribution in [0.3, 0.4) is 0 Å². The standard InChI is InChI=1S/C26H24FN3O5S/c1-4-6-11-34-18-9-7-14(12-19(18)33-3)22-21-23(31)16-13-15(27)8-10-17(16)35-24(21)25(32)30(22)26-29-28-20(5-2)36-26/h7-10,12-13,22H,4-6,11H2,1-3H3. The third-order valence-electron chi connectivity index (χ3n) is 6.06. The molecular formula is C26H24FN3O5S. The van der Waals surface area contributed by atoms with E-state index in [1.54, 1.807) is 18.2 Å². The Labute approximate surface area is 210 Å². The number of nitrogens with zero attached hydrogens (tertiary/aromatic N) is 3. The largest absolute Gasteiger partial charge is 0.493 e. The lowest BCUT2D eigenvalue weighted by Crippen LogP contribution is -2.29. The summed E-state index contributed by atoms with van der Waals surface area (Å²) in [4.78, 5) is 28.7. The van der Waals surface area contributed by atoms with E-state index in [1.807, 2.05) is 6.92 Å². The first-order valence-corrected chi connectivity index (χ1v) is 12.5. The molecule has 0 aliphatic carbocycles. The number of carbonyl (C=O) groups excluding carboxylic acids is 1. The van der Waals surface area contributed by atoms with Crippen molar-refractivity contribution < 1.29 is 23.1 Å². The molecule has 8 nitrogen and oxygen atoms in total. The zero-order chi connectivity index (χ0) is 25.4. The predicted molar refractivity (Wildman–Crippen MR) is 134 cm³/mol. The minimum atomic E-state index is -0.868. The molecule has 3 heterocycles. The summed E-state index contributed by atoms with van der Waals surface area (Å²) >= 11 is 1.27. The predicted octanol–water partition coefficient (Wildman–Crippen LogP) is 5.28. The number of amides is 1. The molecule has 1 aliphatic rings. The molecule has 186 valence electrons. The van der Waals surface area contributed by atoms with Gasteiger partial charge in [0.15, 0.2) is 16.9 Å². The van der Waals surface area contributed by atoms with Crippen LogP contribution >= 0.6 is 11.3 Å². The molecule has 0 radical (unpaired) electrons. The van der Waals surface area contributed by atoms with Crippen LogP contribution in [0.2, 0.25) is 0 Å². The molecule has 4 aromatic rings. The van der Waals surface area contributed by atoms with E-state index in [0.717, 1.165) is 23.9 Å². The fraction of sp³-hybridized carbons (Fsp3) is 0.308. The minimum Gasteiger partial charge on any atom is -0.493 e. The highest BCUT2D eigenvalue weighted by Crippen LogP contribution is 2.44. The highest BCUT2D eigenvalue weighted by molar-refractivity contribution is 7.15. The van der Waals surface area contributed by atoms with Crippen LogP contribution in [0.4, 0.5) is 9.52 Å². The summed E-state index contributed by atoms with van der Waals surface area (Å²) in [6, 6.07) is 8.06. The highest BCUT2D eigenvalue weighted by atomic mass is 32.1. The lowest BCUT2D eigenvalue weighted by Gasteiger charge is -2.23. The number of benzene rings is 2. The molecule has 2 aromatic heterocycles. The Morgan fingerprint density at radius 3 is 2.67 bits per heavy atom. The Kier molecular flexibility index (Phi) is 6.44. The van der Waals surface area contributed by atoms with Gasteiger partial charge in [-0.1, -0.05) is 37.7 Å². The van der Waals surface area contributed by atoms with Crippen molar-refractivity contribution in [3.63, 3.8) is 0 Å². The van der Waals surface area contributed by atoms with Gasteiger partial charge in [0.1, 0.15) is 16.4 Å². The summed E-state index contributed by atoms with van der Waals surface area (Å²) in [5, 5.41) is 9.52. The van der Waals surface area contributed by atoms with Crippen molar-refractivity contribution in [3.8, 4) is 11.5 Å². The molecule has 2 aromatic carbocycles. The van der Waals surface area contributed by atoms with Crippen LogP contribution in [-0.4, -0.2) is 29.8 Å². The van der Waals surface area contributed by atoms with Crippen molar-refractivity contribution in [2.45, 2.75) is 39.2 Å². The first-order chi connectivity index (χ1) is 17.5. The number of halogens is 1. The number of hydrogen-bond donors (Lipinski definition) is 0. The molecule has 1 unspecified atom stereocenters. The van der Waals surface area contributed by atoms with Gasteiger partial charge < -0.3 is 13.9 Å². The van der Waals surface area contributed by atoms with Gasteiger partial charge in [-0.25, -0.2) is 4.39 Å². The maximum Gasteiger partial charge on any atom is 0.297 e. The van der Waals surface area contributed by atoms with Gasteiger partial charge >= 0.3 is 0 Å². The molecule has 10 heteroatoms. The molecular weight excluding hydrogens is 485 g/mol. The van der Waals surface area contributed by atoms with Crippen LogP contribution in [-0.2, 0) is 6.42 Å². The lowest BCUT2D eigenvalue weighted by atomic mass is 9.98. The number of fused-ring (bicyclic) bond motifs is 2. The van der Waals surface area contributed by atoms with Gasteiger partial charge in [-0.15, -0.1) is 10.2 Å². The molecule has 0 bridgehead atoms. The number of aromatic nitrogens is 2. The molecule has 36 heavy (non-hydrogen) atoms. The number of methoxy groups -OCH3 is 1. The zero-order valence-electron chi connectivity index (χ0n) is 20.0. The van der Waals surface area contributed by atoms with Gasteiger partial charge in [-0.05, 0) is 48.7 Å². The highest BCUT2D eigenvalue weighted by Gasteiger charge is 2.45. The number of hydrogen-bond acceptors (Lipinski definition) is 8. The molecule has 0 spiro atoms. The third-order valence-corrected chi connectivity index (χ3v) is 7.12. The van der Waals surface area contributed by atoms with E-state index < -0.39 is 23.2 Å². The Morgan fingerprint density at radius 1 is 1.11 bits per heavy atom. The maximum atomic E-state index is 14.0. The normalized spacial score (nSPS) is 14.9. The Morgan fingerprint density at radius 2 is 1.94 bits per heavy atom. The van der Waals surface area contributed by atoms with Crippen LogP contribution in [0, 0.1) is 5.82 Å². The van der Waals surface area contributed by atoms with Crippen molar-refractivity contribution in [1.29, 1.82) is 0 Å². The zero-order valence-corrected chi connectivity index (χ0v) is 20.9. The van der Waals surface area contributed by atoms with Gasteiger partial charge in [0, 0.05) is 0 Å². The number of rotatable bonds is 8. The van der Waals surface area contributed by atoms with Crippen molar-refractivity contribution in [1.82, 2.24) is 10.2 Å². The first-order valence-electron chi connectivity index (χ1n) is 11.7. The molecule has 0 N–H and O–H groups in total. The lowest BCUT2D eigenvalue weighted by molar-refractivity contribution is 0.0970. The fourth-order valence-corrected chi connectivity index (χ4v) is 5.05. The van der Waals surface area contributed by atoms with E-state index in [-0.39, 0.29) is 22.3 Å². The van der Waals surface area contributed by atoms with Crippen molar-refractivity contribution in [2.75, 3.05) is 18.6 Å². The quantitative estimate of drug-likeness (QED) is 0.298. The smallest absolute Gasteiger partial charge is 0.297 e. The minimum absolute atomic E-state index is 0.0615. The summed E-state index contributed by atoms with van der Waals surface area (Å²) in [5.41, 5.74) is 0.373. The number of anilines is 1. The van der Waals surface area contributed by atoms with Gasteiger partial charge in [0.05, 0.1) is 30.7 Å². The van der Waals surface area contributed by atoms with Crippen LogP contribution in [0.1, 0.15) is 59.4 Å². The second-order valence-electron chi connectivity index (χ2n) is 8.34. The SMILES string of the molecule is CCCCOc1ccc(C2c3c(oc4ccc(F)cc4c3=O)C(=O)N2c2nnc(CC)s2)cc1OC. The summed E-state index contributed by atoms with van der Waals surface area (Å²) in [5.74, 6) is -0.159. The molecule has 5 rings (SSSR count). The summed E-state index contributed by atoms with van der Waals surface area (Å²) in [6.45, 7) is 4.55. The van der Waals surface area contributed by atoms with Crippen LogP contribution in [0.5, 0.6) is 11.5 Å². The Hall–Kier alpha value is -3.79. The molecule has 0 saturated carbocycles.